The zero-order valence-electron chi connectivity index (χ0n) is 15.7. The first kappa shape index (κ1) is 17.0. The number of hydrogen-bond donors (Lipinski definition) is 1. The van der Waals surface area contributed by atoms with Gasteiger partial charge >= 0.3 is 5.97 Å². The second kappa shape index (κ2) is 6.09. The van der Waals surface area contributed by atoms with Crippen molar-refractivity contribution in [2.45, 2.75) is 52.1 Å². The number of nitrogens with zero attached hydrogens (tertiary/aromatic N) is 4. The number of imidazole rings is 1. The molecule has 1 aromatic rings. The van der Waals surface area contributed by atoms with Gasteiger partial charge in [0.2, 0.25) is 0 Å². The van der Waals surface area contributed by atoms with Gasteiger partial charge in [0.05, 0.1) is 17.7 Å². The molecule has 3 aliphatic rings. The molecule has 1 N–H and O–H groups in total. The van der Waals surface area contributed by atoms with Crippen LogP contribution in [0.15, 0.2) is 0 Å². The Morgan fingerprint density at radius 1 is 1.24 bits per heavy atom. The van der Waals surface area contributed by atoms with Crippen LogP contribution in [0, 0.1) is 25.2 Å². The van der Waals surface area contributed by atoms with E-state index < -0.39 is 11.4 Å². The first-order chi connectivity index (χ1) is 11.9. The first-order valence-corrected chi connectivity index (χ1v) is 9.59. The van der Waals surface area contributed by atoms with Gasteiger partial charge in [-0.25, -0.2) is 4.98 Å². The zero-order chi connectivity index (χ0) is 17.8. The molecule has 0 amide bonds. The molecule has 2 aliphatic heterocycles. The highest BCUT2D eigenvalue weighted by molar-refractivity contribution is 5.77. The zero-order valence-corrected chi connectivity index (χ0v) is 15.7. The average Bonchev–Trinajstić information content (AvgIpc) is 3.29. The normalized spacial score (nSPS) is 31.1. The minimum absolute atomic E-state index is 0.244. The third-order valence-corrected chi connectivity index (χ3v) is 7.05. The monoisotopic (exact) mass is 346 g/mol. The van der Waals surface area contributed by atoms with E-state index in [4.69, 9.17) is 0 Å². The fraction of sp³-hybridized carbons (Fsp3) is 0.789. The van der Waals surface area contributed by atoms with Crippen molar-refractivity contribution >= 4 is 5.97 Å². The van der Waals surface area contributed by atoms with Gasteiger partial charge < -0.3 is 9.67 Å². The SMILES string of the molecule is Cc1nc(CN2C[C@H]3CN(C4CCCC4)C[C@@]3(C(=O)O)C2)n(C)c1C. The minimum atomic E-state index is -0.604. The molecule has 1 saturated carbocycles. The Bertz CT molecular complexity index is 679. The lowest BCUT2D eigenvalue weighted by Gasteiger charge is -2.28. The van der Waals surface area contributed by atoms with Crippen molar-refractivity contribution in [3.8, 4) is 0 Å². The molecule has 3 fully saturated rings. The van der Waals surface area contributed by atoms with Crippen LogP contribution < -0.4 is 0 Å². The molecule has 0 radical (unpaired) electrons. The van der Waals surface area contributed by atoms with Gasteiger partial charge in [-0.05, 0) is 26.7 Å². The van der Waals surface area contributed by atoms with Crippen molar-refractivity contribution in [3.05, 3.63) is 17.2 Å². The van der Waals surface area contributed by atoms with Crippen LogP contribution in [0.3, 0.4) is 0 Å². The number of aryl methyl sites for hydroxylation is 1. The maximum absolute atomic E-state index is 12.2. The van der Waals surface area contributed by atoms with E-state index in [0.29, 0.717) is 12.6 Å². The smallest absolute Gasteiger partial charge is 0.312 e. The van der Waals surface area contributed by atoms with Crippen molar-refractivity contribution in [3.63, 3.8) is 0 Å². The van der Waals surface area contributed by atoms with E-state index in [2.05, 4.69) is 33.3 Å². The summed E-state index contributed by atoms with van der Waals surface area (Å²) in [6.45, 7) is 8.08. The van der Waals surface area contributed by atoms with E-state index in [9.17, 15) is 9.90 Å². The van der Waals surface area contributed by atoms with Crippen LogP contribution in [0.5, 0.6) is 0 Å². The molecule has 3 heterocycles. The molecule has 138 valence electrons. The Hall–Kier alpha value is -1.40. The highest BCUT2D eigenvalue weighted by atomic mass is 16.4. The molecule has 1 aromatic heterocycles. The molecule has 6 heteroatoms. The molecule has 0 spiro atoms. The second-order valence-electron chi connectivity index (χ2n) is 8.45. The molecule has 2 saturated heterocycles. The molecule has 4 rings (SSSR count). The predicted molar refractivity (Wildman–Crippen MR) is 95.3 cm³/mol. The van der Waals surface area contributed by atoms with Crippen LogP contribution in [0.4, 0.5) is 0 Å². The summed E-state index contributed by atoms with van der Waals surface area (Å²) in [6.07, 6.45) is 5.10. The van der Waals surface area contributed by atoms with Crippen molar-refractivity contribution in [2.24, 2.45) is 18.4 Å². The summed E-state index contributed by atoms with van der Waals surface area (Å²) >= 11 is 0. The number of fused-ring (bicyclic) bond motifs is 1. The van der Waals surface area contributed by atoms with Crippen LogP contribution in [0.25, 0.3) is 0 Å². The van der Waals surface area contributed by atoms with Gasteiger partial charge in [-0.15, -0.1) is 0 Å². The molecule has 6 nitrogen and oxygen atoms in total. The fourth-order valence-electron chi connectivity index (χ4n) is 5.31. The Kier molecular flexibility index (Phi) is 4.15. The first-order valence-electron chi connectivity index (χ1n) is 9.59. The van der Waals surface area contributed by atoms with Crippen LogP contribution in [-0.2, 0) is 18.4 Å². The molecule has 1 aliphatic carbocycles. The van der Waals surface area contributed by atoms with E-state index in [0.717, 1.165) is 37.7 Å². The van der Waals surface area contributed by atoms with Gasteiger partial charge in [-0.1, -0.05) is 12.8 Å². The number of carboxylic acids is 1. The Morgan fingerprint density at radius 2 is 1.96 bits per heavy atom. The summed E-state index contributed by atoms with van der Waals surface area (Å²) in [5.74, 6) is 0.684. The summed E-state index contributed by atoms with van der Waals surface area (Å²) in [5, 5.41) is 10.0. The minimum Gasteiger partial charge on any atom is -0.481 e. The summed E-state index contributed by atoms with van der Waals surface area (Å²) in [6, 6.07) is 0.620. The lowest BCUT2D eigenvalue weighted by Crippen LogP contribution is -2.42. The van der Waals surface area contributed by atoms with Gasteiger partial charge in [0.1, 0.15) is 5.82 Å². The number of aromatic nitrogens is 2. The third-order valence-electron chi connectivity index (χ3n) is 7.05. The number of hydrogen-bond acceptors (Lipinski definition) is 4. The summed E-state index contributed by atoms with van der Waals surface area (Å²) in [7, 11) is 2.05. The third kappa shape index (κ3) is 2.70. The van der Waals surface area contributed by atoms with Crippen molar-refractivity contribution in [1.82, 2.24) is 19.4 Å². The van der Waals surface area contributed by atoms with E-state index in [-0.39, 0.29) is 5.92 Å². The summed E-state index contributed by atoms with van der Waals surface area (Å²) < 4.78 is 2.14. The van der Waals surface area contributed by atoms with Gasteiger partial charge in [0, 0.05) is 50.9 Å². The maximum atomic E-state index is 12.2. The lowest BCUT2D eigenvalue weighted by atomic mass is 9.81. The van der Waals surface area contributed by atoms with Gasteiger partial charge in [-0.2, -0.15) is 0 Å². The van der Waals surface area contributed by atoms with E-state index in [1.165, 1.54) is 31.4 Å². The highest BCUT2D eigenvalue weighted by Gasteiger charge is 2.58. The molecular formula is C19H30N4O2. The van der Waals surface area contributed by atoms with Crippen LogP contribution in [0.2, 0.25) is 0 Å². The summed E-state index contributed by atoms with van der Waals surface area (Å²) in [5.41, 5.74) is 1.67. The maximum Gasteiger partial charge on any atom is 0.312 e. The van der Waals surface area contributed by atoms with Crippen molar-refractivity contribution in [2.75, 3.05) is 26.2 Å². The van der Waals surface area contributed by atoms with Crippen molar-refractivity contribution in [1.29, 1.82) is 0 Å². The fourth-order valence-corrected chi connectivity index (χ4v) is 5.31. The topological polar surface area (TPSA) is 61.6 Å². The Balaban J connectivity index is 1.49. The predicted octanol–water partition coefficient (Wildman–Crippen LogP) is 1.80. The number of likely N-dealkylation sites (tertiary alicyclic amines) is 2. The highest BCUT2D eigenvalue weighted by Crippen LogP contribution is 2.45. The van der Waals surface area contributed by atoms with Crippen LogP contribution in [0.1, 0.15) is 42.9 Å². The van der Waals surface area contributed by atoms with E-state index in [1.54, 1.807) is 0 Å². The molecule has 25 heavy (non-hydrogen) atoms. The number of rotatable bonds is 4. The van der Waals surface area contributed by atoms with E-state index >= 15 is 0 Å². The summed E-state index contributed by atoms with van der Waals surface area (Å²) in [4.78, 5) is 21.7. The van der Waals surface area contributed by atoms with E-state index in [1.807, 2.05) is 6.92 Å². The van der Waals surface area contributed by atoms with Crippen LogP contribution in [-0.4, -0.2) is 62.6 Å². The van der Waals surface area contributed by atoms with Gasteiger partial charge in [0.15, 0.2) is 0 Å². The number of aliphatic carboxylic acids is 1. The lowest BCUT2D eigenvalue weighted by molar-refractivity contribution is -0.149. The number of carboxylic acid groups (broad SMARTS) is 1. The molecule has 2 atom stereocenters. The molecule has 0 unspecified atom stereocenters. The number of carbonyl (C=O) groups is 1. The molecule has 0 bridgehead atoms. The second-order valence-corrected chi connectivity index (χ2v) is 8.45. The Labute approximate surface area is 149 Å². The Morgan fingerprint density at radius 3 is 2.52 bits per heavy atom. The van der Waals surface area contributed by atoms with Crippen LogP contribution >= 0.6 is 0 Å². The van der Waals surface area contributed by atoms with Crippen molar-refractivity contribution < 1.29 is 9.90 Å². The largest absolute Gasteiger partial charge is 0.481 e. The van der Waals surface area contributed by atoms with Gasteiger partial charge in [0.25, 0.3) is 0 Å². The average molecular weight is 346 g/mol. The standard InChI is InChI=1S/C19H30N4O2/c1-13-14(2)21(3)17(20-13)10-22-8-15-9-23(16-6-4-5-7-16)12-19(15,11-22)18(24)25/h15-16H,4-12H2,1-3H3,(H,24,25)/t15-,19-/m0/s1. The quantitative estimate of drug-likeness (QED) is 0.901. The van der Waals surface area contributed by atoms with Gasteiger partial charge in [-0.3, -0.25) is 14.6 Å². The molecule has 0 aromatic carbocycles. The molecular weight excluding hydrogens is 316 g/mol.